The summed E-state index contributed by atoms with van der Waals surface area (Å²) >= 11 is 0. The maximum Gasteiger partial charge on any atom is 0.255 e. The maximum absolute atomic E-state index is 11.7. The zero-order chi connectivity index (χ0) is 11.4. The van der Waals surface area contributed by atoms with E-state index in [9.17, 15) is 4.79 Å². The summed E-state index contributed by atoms with van der Waals surface area (Å²) in [6.07, 6.45) is 7.62. The van der Waals surface area contributed by atoms with Crippen LogP contribution in [0.4, 0.5) is 0 Å². The van der Waals surface area contributed by atoms with Gasteiger partial charge in [0.15, 0.2) is 0 Å². The minimum Gasteiger partial charge on any atom is -0.339 e. The molecule has 0 saturated carbocycles. The van der Waals surface area contributed by atoms with Gasteiger partial charge in [0.2, 0.25) is 0 Å². The summed E-state index contributed by atoms with van der Waals surface area (Å²) in [5.41, 5.74) is 1.39. The van der Waals surface area contributed by atoms with Crippen LogP contribution in [0.25, 0.3) is 0 Å². The molecule has 1 rings (SSSR count). The highest BCUT2D eigenvalue weighted by molar-refractivity contribution is 5.95. The minimum atomic E-state index is -0.262. The van der Waals surface area contributed by atoms with E-state index in [1.807, 2.05) is 6.92 Å². The Kier molecular flexibility index (Phi) is 3.51. The van der Waals surface area contributed by atoms with Crippen LogP contribution in [0.5, 0.6) is 0 Å². The average molecular weight is 205 g/mol. The van der Waals surface area contributed by atoms with Crippen molar-refractivity contribution in [3.8, 4) is 12.3 Å². The van der Waals surface area contributed by atoms with Crippen LogP contribution in [-0.4, -0.2) is 21.7 Å². The van der Waals surface area contributed by atoms with Crippen molar-refractivity contribution in [2.24, 2.45) is 7.05 Å². The predicted octanol–water partition coefficient (Wildman–Crippen LogP) is 0.734. The molecule has 0 fully saturated rings. The standard InChI is InChI=1S/C11H15N3O/c1-5-8(3)12-11(15)9-7-14(4)13-10(9)6-2/h1,7-8H,6H2,2-4H3,(H,12,15). The van der Waals surface area contributed by atoms with Crippen molar-refractivity contribution in [1.29, 1.82) is 0 Å². The van der Waals surface area contributed by atoms with Gasteiger partial charge >= 0.3 is 0 Å². The molecule has 0 radical (unpaired) electrons. The highest BCUT2D eigenvalue weighted by Crippen LogP contribution is 2.07. The normalized spacial score (nSPS) is 11.9. The van der Waals surface area contributed by atoms with Gasteiger partial charge in [-0.25, -0.2) is 0 Å². The molecule has 0 aliphatic heterocycles. The number of hydrogen-bond acceptors (Lipinski definition) is 2. The molecule has 0 spiro atoms. The second kappa shape index (κ2) is 4.65. The van der Waals surface area contributed by atoms with Gasteiger partial charge in [-0.1, -0.05) is 12.8 Å². The summed E-state index contributed by atoms with van der Waals surface area (Å²) in [6.45, 7) is 3.73. The number of carbonyl (C=O) groups excluding carboxylic acids is 1. The number of nitrogens with one attached hydrogen (secondary N) is 1. The molecule has 80 valence electrons. The summed E-state index contributed by atoms with van der Waals surface area (Å²) in [6, 6.07) is -0.262. The molecule has 4 nitrogen and oxygen atoms in total. The van der Waals surface area contributed by atoms with Crippen molar-refractivity contribution in [2.45, 2.75) is 26.3 Å². The van der Waals surface area contributed by atoms with Crippen LogP contribution >= 0.6 is 0 Å². The highest BCUT2D eigenvalue weighted by atomic mass is 16.1. The molecule has 1 aromatic heterocycles. The largest absolute Gasteiger partial charge is 0.339 e. The average Bonchev–Trinajstić information content (AvgIpc) is 2.59. The van der Waals surface area contributed by atoms with Gasteiger partial charge < -0.3 is 5.32 Å². The van der Waals surface area contributed by atoms with Gasteiger partial charge in [0, 0.05) is 13.2 Å². The zero-order valence-electron chi connectivity index (χ0n) is 9.24. The first-order valence-electron chi connectivity index (χ1n) is 4.88. The van der Waals surface area contributed by atoms with Gasteiger partial charge in [-0.15, -0.1) is 6.42 Å². The fourth-order valence-corrected chi connectivity index (χ4v) is 1.30. The SMILES string of the molecule is C#CC(C)NC(=O)c1cn(C)nc1CC. The zero-order valence-corrected chi connectivity index (χ0v) is 9.24. The van der Waals surface area contributed by atoms with E-state index < -0.39 is 0 Å². The first-order valence-corrected chi connectivity index (χ1v) is 4.88. The number of nitrogens with zero attached hydrogens (tertiary/aromatic N) is 2. The lowest BCUT2D eigenvalue weighted by Crippen LogP contribution is -2.31. The van der Waals surface area contributed by atoms with Crippen LogP contribution in [0.1, 0.15) is 29.9 Å². The lowest BCUT2D eigenvalue weighted by atomic mass is 10.2. The Labute approximate surface area is 89.7 Å². The Morgan fingerprint density at radius 1 is 1.80 bits per heavy atom. The molecule has 15 heavy (non-hydrogen) atoms. The Balaban J connectivity index is 2.86. The second-order valence-electron chi connectivity index (χ2n) is 3.38. The molecular formula is C11H15N3O. The van der Waals surface area contributed by atoms with E-state index in [2.05, 4.69) is 16.3 Å². The number of terminal acetylenes is 1. The van der Waals surface area contributed by atoms with Crippen LogP contribution in [-0.2, 0) is 13.5 Å². The first-order chi connectivity index (χ1) is 7.08. The lowest BCUT2D eigenvalue weighted by Gasteiger charge is -2.06. The van der Waals surface area contributed by atoms with E-state index >= 15 is 0 Å². The van der Waals surface area contributed by atoms with E-state index in [1.54, 1.807) is 24.9 Å². The fourth-order valence-electron chi connectivity index (χ4n) is 1.30. The van der Waals surface area contributed by atoms with Crippen molar-refractivity contribution in [3.63, 3.8) is 0 Å². The van der Waals surface area contributed by atoms with E-state index in [0.29, 0.717) is 5.56 Å². The summed E-state index contributed by atoms with van der Waals surface area (Å²) in [4.78, 5) is 11.7. The van der Waals surface area contributed by atoms with Crippen molar-refractivity contribution < 1.29 is 4.79 Å². The number of amides is 1. The topological polar surface area (TPSA) is 46.9 Å². The van der Waals surface area contributed by atoms with Crippen LogP contribution < -0.4 is 5.32 Å². The summed E-state index contributed by atoms with van der Waals surface area (Å²) < 4.78 is 1.63. The molecule has 1 unspecified atom stereocenters. The molecule has 0 aromatic carbocycles. The Morgan fingerprint density at radius 3 is 3.00 bits per heavy atom. The quantitative estimate of drug-likeness (QED) is 0.740. The van der Waals surface area contributed by atoms with E-state index in [0.717, 1.165) is 12.1 Å². The third-order valence-corrected chi connectivity index (χ3v) is 2.08. The van der Waals surface area contributed by atoms with E-state index in [1.165, 1.54) is 0 Å². The second-order valence-corrected chi connectivity index (χ2v) is 3.38. The van der Waals surface area contributed by atoms with Gasteiger partial charge in [-0.05, 0) is 13.3 Å². The molecule has 0 aliphatic rings. The third-order valence-electron chi connectivity index (χ3n) is 2.08. The highest BCUT2D eigenvalue weighted by Gasteiger charge is 2.14. The summed E-state index contributed by atoms with van der Waals surface area (Å²) in [7, 11) is 1.79. The Hall–Kier alpha value is -1.76. The van der Waals surface area contributed by atoms with Crippen molar-refractivity contribution >= 4 is 5.91 Å². The Bertz CT molecular complexity index is 400. The van der Waals surface area contributed by atoms with E-state index in [-0.39, 0.29) is 11.9 Å². The van der Waals surface area contributed by atoms with Crippen LogP contribution in [0.3, 0.4) is 0 Å². The van der Waals surface area contributed by atoms with Crippen molar-refractivity contribution in [2.75, 3.05) is 0 Å². The molecule has 4 heteroatoms. The van der Waals surface area contributed by atoms with Gasteiger partial charge in [0.25, 0.3) is 5.91 Å². The molecule has 1 aromatic rings. The van der Waals surface area contributed by atoms with Crippen LogP contribution in [0.15, 0.2) is 6.20 Å². The van der Waals surface area contributed by atoms with Crippen molar-refractivity contribution in [1.82, 2.24) is 15.1 Å². The first kappa shape index (κ1) is 11.3. The lowest BCUT2D eigenvalue weighted by molar-refractivity contribution is 0.0947. The van der Waals surface area contributed by atoms with Gasteiger partial charge in [0.1, 0.15) is 0 Å². The van der Waals surface area contributed by atoms with Crippen LogP contribution in [0.2, 0.25) is 0 Å². The molecule has 0 saturated heterocycles. The Morgan fingerprint density at radius 2 is 2.47 bits per heavy atom. The number of rotatable bonds is 3. The van der Waals surface area contributed by atoms with Gasteiger partial charge in [-0.2, -0.15) is 5.10 Å². The third kappa shape index (κ3) is 2.59. The monoisotopic (exact) mass is 205 g/mol. The van der Waals surface area contributed by atoms with Crippen molar-refractivity contribution in [3.05, 3.63) is 17.5 Å². The number of aryl methyl sites for hydroxylation is 2. The molecule has 1 N–H and O–H groups in total. The molecule has 1 atom stereocenters. The smallest absolute Gasteiger partial charge is 0.255 e. The summed E-state index contributed by atoms with van der Waals surface area (Å²) in [5.74, 6) is 2.29. The van der Waals surface area contributed by atoms with Gasteiger partial charge in [0.05, 0.1) is 17.3 Å². The minimum absolute atomic E-state index is 0.162. The number of carbonyl (C=O) groups is 1. The molecule has 1 amide bonds. The molecule has 1 heterocycles. The molecular weight excluding hydrogens is 190 g/mol. The number of hydrogen-bond donors (Lipinski definition) is 1. The predicted molar refractivity (Wildman–Crippen MR) is 58.3 cm³/mol. The maximum atomic E-state index is 11.7. The number of aromatic nitrogens is 2. The van der Waals surface area contributed by atoms with Crippen LogP contribution in [0, 0.1) is 12.3 Å². The molecule has 0 aliphatic carbocycles. The summed E-state index contributed by atoms with van der Waals surface area (Å²) in [5, 5.41) is 6.89. The van der Waals surface area contributed by atoms with E-state index in [4.69, 9.17) is 6.42 Å². The fraction of sp³-hybridized carbons (Fsp3) is 0.455. The van der Waals surface area contributed by atoms with Gasteiger partial charge in [-0.3, -0.25) is 9.48 Å². The molecule has 0 bridgehead atoms.